The Kier molecular flexibility index (Phi) is 5.22. The van der Waals surface area contributed by atoms with Crippen LogP contribution in [-0.4, -0.2) is 54.1 Å². The summed E-state index contributed by atoms with van der Waals surface area (Å²) in [6, 6.07) is 0.734. The van der Waals surface area contributed by atoms with Gasteiger partial charge in [-0.2, -0.15) is 0 Å². The van der Waals surface area contributed by atoms with E-state index >= 15 is 0 Å². The molecular formula is C13H29N3. The number of hydrogen-bond donors (Lipinski definition) is 1. The van der Waals surface area contributed by atoms with Crippen molar-refractivity contribution in [2.45, 2.75) is 52.1 Å². The van der Waals surface area contributed by atoms with Crippen LogP contribution in [0.3, 0.4) is 0 Å². The molecule has 0 aromatic heterocycles. The van der Waals surface area contributed by atoms with Gasteiger partial charge in [0.1, 0.15) is 0 Å². The highest BCUT2D eigenvalue weighted by molar-refractivity contribution is 4.84. The molecule has 0 amide bonds. The van der Waals surface area contributed by atoms with Crippen molar-refractivity contribution in [1.29, 1.82) is 0 Å². The van der Waals surface area contributed by atoms with Crippen molar-refractivity contribution in [3.8, 4) is 0 Å². The van der Waals surface area contributed by atoms with Crippen LogP contribution in [-0.2, 0) is 0 Å². The molecule has 0 aromatic carbocycles. The lowest BCUT2D eigenvalue weighted by Crippen LogP contribution is -2.55. The largest absolute Gasteiger partial charge is 0.324 e. The molecule has 1 fully saturated rings. The second kappa shape index (κ2) is 5.99. The summed E-state index contributed by atoms with van der Waals surface area (Å²) in [6.07, 6.45) is 2.31. The molecule has 16 heavy (non-hydrogen) atoms. The van der Waals surface area contributed by atoms with Gasteiger partial charge in [-0.15, -0.1) is 0 Å². The summed E-state index contributed by atoms with van der Waals surface area (Å²) in [5.74, 6) is 0. The van der Waals surface area contributed by atoms with E-state index < -0.39 is 0 Å². The van der Waals surface area contributed by atoms with E-state index in [0.717, 1.165) is 19.0 Å². The van der Waals surface area contributed by atoms with Gasteiger partial charge in [0.15, 0.2) is 0 Å². The van der Waals surface area contributed by atoms with Gasteiger partial charge in [0, 0.05) is 44.3 Å². The first-order valence-electron chi connectivity index (χ1n) is 6.73. The van der Waals surface area contributed by atoms with Crippen molar-refractivity contribution in [2.24, 2.45) is 5.73 Å². The summed E-state index contributed by atoms with van der Waals surface area (Å²) in [5.41, 5.74) is 6.20. The van der Waals surface area contributed by atoms with Crippen molar-refractivity contribution in [3.63, 3.8) is 0 Å². The number of nitrogens with zero attached hydrogens (tertiary/aromatic N) is 2. The van der Waals surface area contributed by atoms with Crippen LogP contribution in [0.15, 0.2) is 0 Å². The maximum atomic E-state index is 6.21. The predicted octanol–water partition coefficient (Wildman–Crippen LogP) is 1.53. The Morgan fingerprint density at radius 3 is 2.19 bits per heavy atom. The van der Waals surface area contributed by atoms with E-state index in [-0.39, 0.29) is 5.54 Å². The molecule has 0 bridgehead atoms. The minimum absolute atomic E-state index is 0.0153. The molecule has 1 heterocycles. The molecule has 1 aliphatic heterocycles. The summed E-state index contributed by atoms with van der Waals surface area (Å²) in [4.78, 5) is 5.11. The fourth-order valence-corrected chi connectivity index (χ4v) is 2.24. The zero-order valence-electron chi connectivity index (χ0n) is 11.5. The third kappa shape index (κ3) is 4.04. The van der Waals surface area contributed by atoms with Crippen LogP contribution in [0.5, 0.6) is 0 Å². The van der Waals surface area contributed by atoms with Gasteiger partial charge < -0.3 is 5.73 Å². The maximum absolute atomic E-state index is 6.21. The molecule has 0 spiro atoms. The molecular weight excluding hydrogens is 198 g/mol. The van der Waals surface area contributed by atoms with Crippen molar-refractivity contribution in [1.82, 2.24) is 9.80 Å². The molecule has 1 rings (SSSR count). The lowest BCUT2D eigenvalue weighted by molar-refractivity contribution is 0.0864. The van der Waals surface area contributed by atoms with E-state index in [9.17, 15) is 0 Å². The summed E-state index contributed by atoms with van der Waals surface area (Å²) < 4.78 is 0. The van der Waals surface area contributed by atoms with Gasteiger partial charge in [-0.1, -0.05) is 13.8 Å². The Labute approximate surface area is 101 Å². The van der Waals surface area contributed by atoms with Gasteiger partial charge in [-0.25, -0.2) is 0 Å². The first-order valence-corrected chi connectivity index (χ1v) is 6.73. The Bertz CT molecular complexity index is 195. The highest BCUT2D eigenvalue weighted by Crippen LogP contribution is 2.12. The van der Waals surface area contributed by atoms with Gasteiger partial charge in [-0.3, -0.25) is 9.80 Å². The molecule has 1 aliphatic rings. The normalized spacial score (nSPS) is 25.3. The number of hydrogen-bond acceptors (Lipinski definition) is 3. The van der Waals surface area contributed by atoms with Gasteiger partial charge in [0.05, 0.1) is 0 Å². The average molecular weight is 227 g/mol. The third-order valence-electron chi connectivity index (χ3n) is 4.01. The second-order valence-electron chi connectivity index (χ2n) is 5.58. The standard InChI is InChI=1S/C13H29N3/c1-5-12(3)16-9-7-15(8-10-16)11-13(4,14)6-2/h12H,5-11,14H2,1-4H3. The molecule has 0 aromatic rings. The second-order valence-corrected chi connectivity index (χ2v) is 5.58. The molecule has 3 nitrogen and oxygen atoms in total. The van der Waals surface area contributed by atoms with Gasteiger partial charge in [-0.05, 0) is 26.7 Å². The van der Waals surface area contributed by atoms with Crippen molar-refractivity contribution in [2.75, 3.05) is 32.7 Å². The van der Waals surface area contributed by atoms with Crippen LogP contribution in [0.1, 0.15) is 40.5 Å². The lowest BCUT2D eigenvalue weighted by atomic mass is 9.99. The quantitative estimate of drug-likeness (QED) is 0.773. The molecule has 0 saturated carbocycles. The molecule has 3 heteroatoms. The van der Waals surface area contributed by atoms with Gasteiger partial charge >= 0.3 is 0 Å². The Balaban J connectivity index is 2.32. The molecule has 2 N–H and O–H groups in total. The highest BCUT2D eigenvalue weighted by atomic mass is 15.3. The maximum Gasteiger partial charge on any atom is 0.0252 e. The van der Waals surface area contributed by atoms with E-state index in [1.54, 1.807) is 0 Å². The summed E-state index contributed by atoms with van der Waals surface area (Å²) in [5, 5.41) is 0. The number of rotatable bonds is 5. The minimum Gasteiger partial charge on any atom is -0.324 e. The van der Waals surface area contributed by atoms with Crippen LogP contribution in [0.2, 0.25) is 0 Å². The molecule has 0 radical (unpaired) electrons. The predicted molar refractivity (Wildman–Crippen MR) is 70.6 cm³/mol. The molecule has 0 aliphatic carbocycles. The topological polar surface area (TPSA) is 32.5 Å². The molecule has 2 unspecified atom stereocenters. The number of nitrogens with two attached hydrogens (primary N) is 1. The third-order valence-corrected chi connectivity index (χ3v) is 4.01. The number of piperazine rings is 1. The van der Waals surface area contributed by atoms with Crippen LogP contribution >= 0.6 is 0 Å². The van der Waals surface area contributed by atoms with Crippen LogP contribution in [0, 0.1) is 0 Å². The summed E-state index contributed by atoms with van der Waals surface area (Å²) >= 11 is 0. The van der Waals surface area contributed by atoms with Gasteiger partial charge in [0.2, 0.25) is 0 Å². The smallest absolute Gasteiger partial charge is 0.0252 e. The Hall–Kier alpha value is -0.120. The zero-order valence-corrected chi connectivity index (χ0v) is 11.5. The van der Waals surface area contributed by atoms with E-state index in [2.05, 4.69) is 37.5 Å². The van der Waals surface area contributed by atoms with Crippen molar-refractivity contribution in [3.05, 3.63) is 0 Å². The first kappa shape index (κ1) is 13.9. The first-order chi connectivity index (χ1) is 7.48. The Morgan fingerprint density at radius 2 is 1.75 bits per heavy atom. The fourth-order valence-electron chi connectivity index (χ4n) is 2.24. The van der Waals surface area contributed by atoms with E-state index in [0.29, 0.717) is 0 Å². The van der Waals surface area contributed by atoms with Crippen molar-refractivity contribution < 1.29 is 0 Å². The van der Waals surface area contributed by atoms with Crippen molar-refractivity contribution >= 4 is 0 Å². The fraction of sp³-hybridized carbons (Fsp3) is 1.00. The average Bonchev–Trinajstić information content (AvgIpc) is 2.28. The van der Waals surface area contributed by atoms with Crippen LogP contribution in [0.25, 0.3) is 0 Å². The van der Waals surface area contributed by atoms with Crippen LogP contribution in [0.4, 0.5) is 0 Å². The van der Waals surface area contributed by atoms with E-state index in [4.69, 9.17) is 5.73 Å². The summed E-state index contributed by atoms with van der Waals surface area (Å²) in [6.45, 7) is 14.7. The molecule has 1 saturated heterocycles. The molecule has 2 atom stereocenters. The molecule has 96 valence electrons. The van der Waals surface area contributed by atoms with Crippen LogP contribution < -0.4 is 5.73 Å². The highest BCUT2D eigenvalue weighted by Gasteiger charge is 2.24. The lowest BCUT2D eigenvalue weighted by Gasteiger charge is -2.40. The van der Waals surface area contributed by atoms with E-state index in [1.807, 2.05) is 0 Å². The Morgan fingerprint density at radius 1 is 1.19 bits per heavy atom. The minimum atomic E-state index is -0.0153. The zero-order chi connectivity index (χ0) is 12.2. The monoisotopic (exact) mass is 227 g/mol. The van der Waals surface area contributed by atoms with Gasteiger partial charge in [0.25, 0.3) is 0 Å². The SMILES string of the molecule is CCC(C)N1CCN(CC(C)(N)CC)CC1. The summed E-state index contributed by atoms with van der Waals surface area (Å²) in [7, 11) is 0. The van der Waals surface area contributed by atoms with E-state index in [1.165, 1.54) is 32.6 Å².